The molecule has 1 aromatic carbocycles. The summed E-state index contributed by atoms with van der Waals surface area (Å²) < 4.78 is 41.3. The molecule has 0 spiro atoms. The molecule has 0 bridgehead atoms. The molecule has 1 aliphatic rings. The first-order valence-electron chi connectivity index (χ1n) is 9.38. The predicted octanol–water partition coefficient (Wildman–Crippen LogP) is 3.34. The third-order valence-electron chi connectivity index (χ3n) is 4.52. The normalized spacial score (nSPS) is 30.8. The molecule has 2 unspecified atom stereocenters. The largest absolute Gasteiger partial charge is 0.426 e. The van der Waals surface area contributed by atoms with Crippen molar-refractivity contribution in [1.82, 2.24) is 4.98 Å². The summed E-state index contributed by atoms with van der Waals surface area (Å²) in [7, 11) is -10.3. The standard InChI is InChI=1S/C19H23NO9P2/c1-13(2)10-17(21)27-16-8-4-3-7-15(16)18-28-30(23,24)19(22,31(25,26)29-18)11-14-6-5-9-20-12-14/h3-9,12-13,18,22H,10-11H2,1-2H3,(H,23,24)(H,25,26). The Morgan fingerprint density at radius 3 is 2.39 bits per heavy atom. The maximum atomic E-state index is 12.9. The van der Waals surface area contributed by atoms with Gasteiger partial charge in [-0.05, 0) is 23.6 Å². The van der Waals surface area contributed by atoms with Gasteiger partial charge in [0.1, 0.15) is 5.75 Å². The lowest BCUT2D eigenvalue weighted by Gasteiger charge is -2.41. The van der Waals surface area contributed by atoms with E-state index in [9.17, 15) is 28.8 Å². The Labute approximate surface area is 178 Å². The van der Waals surface area contributed by atoms with Crippen molar-refractivity contribution in [3.63, 3.8) is 0 Å². The van der Waals surface area contributed by atoms with E-state index < -0.39 is 39.0 Å². The van der Waals surface area contributed by atoms with E-state index in [2.05, 4.69) is 4.98 Å². The van der Waals surface area contributed by atoms with Crippen LogP contribution in [-0.2, 0) is 29.4 Å². The van der Waals surface area contributed by atoms with Gasteiger partial charge in [0.15, 0.2) is 0 Å². The van der Waals surface area contributed by atoms with Crippen LogP contribution in [0.25, 0.3) is 0 Å². The van der Waals surface area contributed by atoms with Crippen LogP contribution in [0.3, 0.4) is 0 Å². The minimum atomic E-state index is -5.14. The van der Waals surface area contributed by atoms with Crippen molar-refractivity contribution in [2.75, 3.05) is 0 Å². The van der Waals surface area contributed by atoms with Crippen molar-refractivity contribution in [2.24, 2.45) is 5.92 Å². The molecule has 168 valence electrons. The van der Waals surface area contributed by atoms with Crippen LogP contribution >= 0.6 is 15.2 Å². The number of para-hydroxylation sites is 1. The second-order valence-corrected chi connectivity index (χ2v) is 11.8. The molecule has 2 aromatic rings. The highest BCUT2D eigenvalue weighted by Gasteiger charge is 2.67. The Bertz CT molecular complexity index is 1020. The molecule has 2 heterocycles. The molecular weight excluding hydrogens is 448 g/mol. The number of carbonyl (C=O) groups excluding carboxylic acids is 1. The molecule has 1 aromatic heterocycles. The average molecular weight is 471 g/mol. The van der Waals surface area contributed by atoms with Crippen molar-refractivity contribution in [1.29, 1.82) is 0 Å². The summed E-state index contributed by atoms with van der Waals surface area (Å²) in [5, 5.41) is 7.66. The number of pyridine rings is 1. The number of carbonyl (C=O) groups is 1. The predicted molar refractivity (Wildman–Crippen MR) is 109 cm³/mol. The first-order chi connectivity index (χ1) is 14.5. The van der Waals surface area contributed by atoms with Gasteiger partial charge in [0.2, 0.25) is 6.29 Å². The van der Waals surface area contributed by atoms with Gasteiger partial charge in [0, 0.05) is 25.2 Å². The van der Waals surface area contributed by atoms with Crippen molar-refractivity contribution in [2.45, 2.75) is 38.1 Å². The molecule has 1 saturated heterocycles. The molecule has 0 radical (unpaired) electrons. The summed E-state index contributed by atoms with van der Waals surface area (Å²) >= 11 is 0. The molecule has 3 N–H and O–H groups in total. The highest BCUT2D eigenvalue weighted by molar-refractivity contribution is 7.73. The fraction of sp³-hybridized carbons (Fsp3) is 0.368. The van der Waals surface area contributed by atoms with Gasteiger partial charge in [-0.3, -0.25) is 28.0 Å². The Balaban J connectivity index is 1.92. The van der Waals surface area contributed by atoms with Gasteiger partial charge in [-0.1, -0.05) is 38.1 Å². The molecule has 1 aliphatic heterocycles. The molecule has 2 atom stereocenters. The molecule has 31 heavy (non-hydrogen) atoms. The van der Waals surface area contributed by atoms with Crippen LogP contribution in [0.5, 0.6) is 5.75 Å². The molecular formula is C19H23NO9P2. The van der Waals surface area contributed by atoms with E-state index >= 15 is 0 Å². The summed E-state index contributed by atoms with van der Waals surface area (Å²) in [6.45, 7) is 3.65. The van der Waals surface area contributed by atoms with E-state index in [4.69, 9.17) is 13.8 Å². The quantitative estimate of drug-likeness (QED) is 0.325. The van der Waals surface area contributed by atoms with E-state index in [0.717, 1.165) is 0 Å². The maximum Gasteiger partial charge on any atom is 0.374 e. The van der Waals surface area contributed by atoms with Gasteiger partial charge < -0.3 is 19.6 Å². The van der Waals surface area contributed by atoms with E-state index in [-0.39, 0.29) is 29.2 Å². The molecule has 3 rings (SSSR count). The molecule has 0 aliphatic carbocycles. The fourth-order valence-electron chi connectivity index (χ4n) is 2.96. The van der Waals surface area contributed by atoms with Gasteiger partial charge >= 0.3 is 21.2 Å². The number of benzene rings is 1. The Morgan fingerprint density at radius 2 is 1.81 bits per heavy atom. The van der Waals surface area contributed by atoms with Crippen molar-refractivity contribution in [3.8, 4) is 5.75 Å². The summed E-state index contributed by atoms with van der Waals surface area (Å²) in [6.07, 6.45) is 0.284. The monoisotopic (exact) mass is 471 g/mol. The summed E-state index contributed by atoms with van der Waals surface area (Å²) in [5.74, 6) is -0.596. The van der Waals surface area contributed by atoms with Gasteiger partial charge in [0.05, 0.1) is 5.56 Å². The highest BCUT2D eigenvalue weighted by atomic mass is 31.2. The SMILES string of the molecule is CC(C)CC(=O)Oc1ccccc1C1OP(=O)(O)C(O)(Cc2cccnc2)P(=O)(O)O1. The van der Waals surface area contributed by atoms with Crippen LogP contribution in [0.4, 0.5) is 0 Å². The summed E-state index contributed by atoms with van der Waals surface area (Å²) in [4.78, 5) is 36.8. The van der Waals surface area contributed by atoms with Crippen LogP contribution in [0.15, 0.2) is 48.8 Å². The lowest BCUT2D eigenvalue weighted by Crippen LogP contribution is -2.38. The smallest absolute Gasteiger partial charge is 0.374 e. The number of aliphatic hydroxyl groups is 1. The molecule has 10 nitrogen and oxygen atoms in total. The van der Waals surface area contributed by atoms with Crippen LogP contribution in [0.2, 0.25) is 0 Å². The third kappa shape index (κ3) is 4.96. The zero-order valence-corrected chi connectivity index (χ0v) is 18.6. The van der Waals surface area contributed by atoms with E-state index in [1.807, 2.05) is 13.8 Å². The van der Waals surface area contributed by atoms with E-state index in [1.54, 1.807) is 6.07 Å². The lowest BCUT2D eigenvalue weighted by atomic mass is 10.1. The first kappa shape index (κ1) is 23.8. The summed E-state index contributed by atoms with van der Waals surface area (Å²) in [5.41, 5.74) is 0.175. The van der Waals surface area contributed by atoms with Crippen LogP contribution in [0.1, 0.15) is 37.7 Å². The second kappa shape index (κ2) is 8.92. The number of aromatic nitrogens is 1. The topological polar surface area (TPSA) is 152 Å². The highest BCUT2D eigenvalue weighted by Crippen LogP contribution is 2.79. The maximum absolute atomic E-state index is 12.9. The number of hydrogen-bond donors (Lipinski definition) is 3. The number of ether oxygens (including phenoxy) is 1. The van der Waals surface area contributed by atoms with Crippen molar-refractivity contribution in [3.05, 3.63) is 59.9 Å². The Hall–Kier alpha value is -1.90. The molecule has 0 saturated carbocycles. The zero-order valence-electron chi connectivity index (χ0n) is 16.8. The number of nitrogens with zero attached hydrogens (tertiary/aromatic N) is 1. The van der Waals surface area contributed by atoms with Crippen LogP contribution in [-0.4, -0.2) is 30.9 Å². The minimum absolute atomic E-state index is 0.0274. The lowest BCUT2D eigenvalue weighted by molar-refractivity contribution is -0.135. The average Bonchev–Trinajstić information content (AvgIpc) is 2.66. The Morgan fingerprint density at radius 1 is 1.16 bits per heavy atom. The fourth-order valence-corrected chi connectivity index (χ4v) is 6.53. The minimum Gasteiger partial charge on any atom is -0.426 e. The van der Waals surface area contributed by atoms with Gasteiger partial charge in [-0.2, -0.15) is 0 Å². The molecule has 1 fully saturated rings. The summed E-state index contributed by atoms with van der Waals surface area (Å²) in [6, 6.07) is 8.75. The van der Waals surface area contributed by atoms with Gasteiger partial charge in [-0.25, -0.2) is 0 Å². The van der Waals surface area contributed by atoms with E-state index in [1.165, 1.54) is 42.7 Å². The number of rotatable bonds is 6. The molecule has 12 heteroatoms. The van der Waals surface area contributed by atoms with Gasteiger partial charge in [0.25, 0.3) is 5.08 Å². The van der Waals surface area contributed by atoms with Crippen LogP contribution < -0.4 is 4.74 Å². The van der Waals surface area contributed by atoms with Crippen LogP contribution in [0, 0.1) is 5.92 Å². The van der Waals surface area contributed by atoms with E-state index in [0.29, 0.717) is 0 Å². The van der Waals surface area contributed by atoms with Gasteiger partial charge in [-0.15, -0.1) is 0 Å². The third-order valence-corrected chi connectivity index (χ3v) is 9.12. The van der Waals surface area contributed by atoms with Crippen molar-refractivity contribution < 1.29 is 42.6 Å². The number of hydrogen-bond acceptors (Lipinski definition) is 8. The Kier molecular flexibility index (Phi) is 6.84. The number of esters is 1. The first-order valence-corrected chi connectivity index (χ1v) is 12.5. The zero-order chi connectivity index (χ0) is 22.9. The second-order valence-electron chi connectivity index (χ2n) is 7.51. The molecule has 0 amide bonds. The van der Waals surface area contributed by atoms with Crippen molar-refractivity contribution >= 4 is 21.2 Å².